The number of aromatic nitrogens is 2. The molecule has 5 nitrogen and oxygen atoms in total. The van der Waals surface area contributed by atoms with E-state index in [1.165, 1.54) is 0 Å². The first-order chi connectivity index (χ1) is 10.6. The average molecular weight is 317 g/mol. The molecule has 0 fully saturated rings. The van der Waals surface area contributed by atoms with E-state index < -0.39 is 0 Å². The lowest BCUT2D eigenvalue weighted by Crippen LogP contribution is -2.31. The van der Waals surface area contributed by atoms with Gasteiger partial charge in [-0.05, 0) is 26.0 Å². The van der Waals surface area contributed by atoms with E-state index in [9.17, 15) is 4.79 Å². The third kappa shape index (κ3) is 2.97. The smallest absolute Gasteiger partial charge is 0.259 e. The number of nitrogens with zero attached hydrogens (tertiary/aromatic N) is 3. The van der Waals surface area contributed by atoms with Gasteiger partial charge in [-0.15, -0.1) is 6.42 Å². The van der Waals surface area contributed by atoms with E-state index in [4.69, 9.17) is 18.0 Å². The monoisotopic (exact) mass is 316 g/mol. The van der Waals surface area contributed by atoms with Crippen molar-refractivity contribution < 1.29 is 4.79 Å². The van der Waals surface area contributed by atoms with Crippen LogP contribution in [0.1, 0.15) is 24.2 Å². The van der Waals surface area contributed by atoms with Gasteiger partial charge in [0, 0.05) is 24.7 Å². The summed E-state index contributed by atoms with van der Waals surface area (Å²) in [4.78, 5) is 22.8. The highest BCUT2D eigenvalue weighted by Gasteiger charge is 2.23. The quantitative estimate of drug-likeness (QED) is 0.680. The number of hydrogen-bond acceptors (Lipinski definition) is 4. The first-order valence-electron chi connectivity index (χ1n) is 7.04. The highest BCUT2D eigenvalue weighted by atomic mass is 35.5. The zero-order valence-corrected chi connectivity index (χ0v) is 13.3. The zero-order valence-electron chi connectivity index (χ0n) is 12.6. The molecule has 1 N–H and O–H groups in total. The molecule has 0 saturated carbocycles. The number of anilines is 1. The lowest BCUT2D eigenvalue weighted by Gasteiger charge is -2.21. The topological polar surface area (TPSA) is 58.1 Å². The normalized spacial score (nSPS) is 10.3. The molecule has 2 aromatic rings. The maximum Gasteiger partial charge on any atom is 0.259 e. The largest absolute Gasteiger partial charge is 0.373 e. The highest BCUT2D eigenvalue weighted by molar-refractivity contribution is 6.34. The summed E-state index contributed by atoms with van der Waals surface area (Å²) in [5.74, 6) is 2.33. The number of carbonyl (C=O) groups is 1. The molecule has 0 aliphatic carbocycles. The Morgan fingerprint density at radius 2 is 2.18 bits per heavy atom. The minimum atomic E-state index is -0.173. The Kier molecular flexibility index (Phi) is 5.18. The van der Waals surface area contributed by atoms with Crippen LogP contribution < -0.4 is 5.32 Å². The molecular weight excluding hydrogens is 300 g/mol. The average Bonchev–Trinajstić information content (AvgIpc) is 2.53. The van der Waals surface area contributed by atoms with Gasteiger partial charge in [0.05, 0.1) is 12.2 Å². The molecule has 0 aromatic carbocycles. The van der Waals surface area contributed by atoms with Crippen molar-refractivity contribution in [3.8, 4) is 12.3 Å². The van der Waals surface area contributed by atoms with Gasteiger partial charge in [0.2, 0.25) is 0 Å². The predicted molar refractivity (Wildman–Crippen MR) is 89.1 cm³/mol. The molecule has 114 valence electrons. The van der Waals surface area contributed by atoms with Crippen molar-refractivity contribution in [3.05, 3.63) is 29.0 Å². The van der Waals surface area contributed by atoms with E-state index in [0.717, 1.165) is 5.39 Å². The number of hydrogen-bond donors (Lipinski definition) is 1. The number of rotatable bonds is 5. The molecular formula is C16H17ClN4O. The van der Waals surface area contributed by atoms with Crippen molar-refractivity contribution in [1.82, 2.24) is 14.9 Å². The second-order valence-corrected chi connectivity index (χ2v) is 4.92. The SMILES string of the molecule is C#CCNc1c(C(=O)N(CC)CC)c(Cl)nc2ncccc12. The molecule has 6 heteroatoms. The van der Waals surface area contributed by atoms with Crippen LogP contribution in [0.2, 0.25) is 5.15 Å². The summed E-state index contributed by atoms with van der Waals surface area (Å²) in [6.45, 7) is 5.29. The van der Waals surface area contributed by atoms with Gasteiger partial charge in [0.1, 0.15) is 10.7 Å². The van der Waals surface area contributed by atoms with E-state index in [2.05, 4.69) is 21.2 Å². The summed E-state index contributed by atoms with van der Waals surface area (Å²) in [5, 5.41) is 3.93. The van der Waals surface area contributed by atoms with E-state index in [-0.39, 0.29) is 17.6 Å². The molecule has 0 unspecified atom stereocenters. The second kappa shape index (κ2) is 7.10. The molecule has 22 heavy (non-hydrogen) atoms. The minimum Gasteiger partial charge on any atom is -0.373 e. The van der Waals surface area contributed by atoms with Crippen molar-refractivity contribution in [3.63, 3.8) is 0 Å². The van der Waals surface area contributed by atoms with Crippen molar-refractivity contribution in [1.29, 1.82) is 0 Å². The standard InChI is InChI=1S/C16H17ClN4O/c1-4-9-18-13-11-8-7-10-19-15(11)20-14(17)12(13)16(22)21(5-2)6-3/h1,7-8,10H,5-6,9H2,2-3H3,(H,18,19,20). The van der Waals surface area contributed by atoms with Crippen LogP contribution in [0.5, 0.6) is 0 Å². The molecule has 0 radical (unpaired) electrons. The highest BCUT2D eigenvalue weighted by Crippen LogP contribution is 2.31. The fourth-order valence-corrected chi connectivity index (χ4v) is 2.51. The molecule has 2 heterocycles. The maximum atomic E-state index is 12.7. The van der Waals surface area contributed by atoms with Crippen LogP contribution in [-0.4, -0.2) is 40.4 Å². The Hall–Kier alpha value is -2.32. The van der Waals surface area contributed by atoms with Crippen LogP contribution in [0.4, 0.5) is 5.69 Å². The third-order valence-electron chi connectivity index (χ3n) is 3.35. The fraction of sp³-hybridized carbons (Fsp3) is 0.312. The summed E-state index contributed by atoms with van der Waals surface area (Å²) < 4.78 is 0. The van der Waals surface area contributed by atoms with Gasteiger partial charge in [-0.25, -0.2) is 9.97 Å². The van der Waals surface area contributed by atoms with Crippen LogP contribution in [0, 0.1) is 12.3 Å². The Morgan fingerprint density at radius 3 is 2.82 bits per heavy atom. The Labute approximate surface area is 134 Å². The van der Waals surface area contributed by atoms with Crippen LogP contribution in [-0.2, 0) is 0 Å². The minimum absolute atomic E-state index is 0.127. The maximum absolute atomic E-state index is 12.7. The summed E-state index contributed by atoms with van der Waals surface area (Å²) in [6.07, 6.45) is 6.95. The van der Waals surface area contributed by atoms with Crippen LogP contribution in [0.3, 0.4) is 0 Å². The first-order valence-corrected chi connectivity index (χ1v) is 7.42. The van der Waals surface area contributed by atoms with Gasteiger partial charge in [0.15, 0.2) is 5.65 Å². The number of carbonyl (C=O) groups excluding carboxylic acids is 1. The predicted octanol–water partition coefficient (Wildman–Crippen LogP) is 2.81. The molecule has 0 spiro atoms. The molecule has 0 saturated heterocycles. The van der Waals surface area contributed by atoms with Crippen molar-refractivity contribution in [2.24, 2.45) is 0 Å². The summed E-state index contributed by atoms with van der Waals surface area (Å²) >= 11 is 6.25. The summed E-state index contributed by atoms with van der Waals surface area (Å²) in [7, 11) is 0. The summed E-state index contributed by atoms with van der Waals surface area (Å²) in [5.41, 5.74) is 1.39. The molecule has 0 bridgehead atoms. The first kappa shape index (κ1) is 16.1. The molecule has 1 amide bonds. The lowest BCUT2D eigenvalue weighted by atomic mass is 10.1. The van der Waals surface area contributed by atoms with Crippen LogP contribution >= 0.6 is 11.6 Å². The van der Waals surface area contributed by atoms with Gasteiger partial charge in [-0.3, -0.25) is 4.79 Å². The number of amides is 1. The van der Waals surface area contributed by atoms with E-state index in [1.807, 2.05) is 19.9 Å². The Balaban J connectivity index is 2.68. The number of pyridine rings is 2. The van der Waals surface area contributed by atoms with E-state index in [0.29, 0.717) is 30.0 Å². The molecule has 2 rings (SSSR count). The molecule has 2 aromatic heterocycles. The van der Waals surface area contributed by atoms with Gasteiger partial charge >= 0.3 is 0 Å². The number of fused-ring (bicyclic) bond motifs is 1. The second-order valence-electron chi connectivity index (χ2n) is 4.56. The molecule has 0 atom stereocenters. The van der Waals surface area contributed by atoms with Gasteiger partial charge in [-0.1, -0.05) is 17.5 Å². The number of halogens is 1. The van der Waals surface area contributed by atoms with Gasteiger partial charge in [-0.2, -0.15) is 0 Å². The van der Waals surface area contributed by atoms with Crippen molar-refractivity contribution in [2.75, 3.05) is 25.0 Å². The fourth-order valence-electron chi connectivity index (χ4n) is 2.26. The number of nitrogens with one attached hydrogen (secondary N) is 1. The van der Waals surface area contributed by atoms with Crippen LogP contribution in [0.25, 0.3) is 11.0 Å². The van der Waals surface area contributed by atoms with E-state index >= 15 is 0 Å². The molecule has 0 aliphatic rings. The molecule has 0 aliphatic heterocycles. The Morgan fingerprint density at radius 1 is 1.45 bits per heavy atom. The lowest BCUT2D eigenvalue weighted by molar-refractivity contribution is 0.0774. The van der Waals surface area contributed by atoms with Crippen LogP contribution in [0.15, 0.2) is 18.3 Å². The van der Waals surface area contributed by atoms with E-state index in [1.54, 1.807) is 17.2 Å². The number of terminal acetylenes is 1. The van der Waals surface area contributed by atoms with Crippen molar-refractivity contribution >= 4 is 34.2 Å². The third-order valence-corrected chi connectivity index (χ3v) is 3.62. The Bertz CT molecular complexity index is 735. The van der Waals surface area contributed by atoms with Gasteiger partial charge in [0.25, 0.3) is 5.91 Å². The van der Waals surface area contributed by atoms with Crippen molar-refractivity contribution in [2.45, 2.75) is 13.8 Å². The zero-order chi connectivity index (χ0) is 16.1. The van der Waals surface area contributed by atoms with Gasteiger partial charge < -0.3 is 10.2 Å². The summed E-state index contributed by atoms with van der Waals surface area (Å²) in [6, 6.07) is 3.62.